The molecule has 6 nitrogen and oxygen atoms in total. The second-order valence-corrected chi connectivity index (χ2v) is 3.13. The Labute approximate surface area is 91.3 Å². The monoisotopic (exact) mass is 224 g/mol. The molecule has 0 unspecified atom stereocenters. The first-order chi connectivity index (χ1) is 7.29. The van der Waals surface area contributed by atoms with Gasteiger partial charge in [0.2, 0.25) is 5.95 Å². The first-order valence-corrected chi connectivity index (χ1v) is 4.81. The number of hydrogen-bond acceptors (Lipinski definition) is 5. The van der Waals surface area contributed by atoms with Gasteiger partial charge in [-0.05, 0) is 6.92 Å². The fraction of sp³-hybridized carbons (Fsp3) is 0.250. The zero-order valence-corrected chi connectivity index (χ0v) is 8.81. The molecule has 0 saturated heterocycles. The van der Waals surface area contributed by atoms with E-state index in [0.717, 1.165) is 6.54 Å². The predicted molar refractivity (Wildman–Crippen MR) is 56.1 cm³/mol. The fourth-order valence-electron chi connectivity index (χ4n) is 1.06. The number of nitrogens with zero attached hydrogens (tertiary/aromatic N) is 5. The van der Waals surface area contributed by atoms with Crippen molar-refractivity contribution in [1.82, 2.24) is 24.7 Å². The van der Waals surface area contributed by atoms with E-state index in [-0.39, 0.29) is 0 Å². The third-order valence-electron chi connectivity index (χ3n) is 1.68. The van der Waals surface area contributed by atoms with Crippen LogP contribution in [0.1, 0.15) is 6.92 Å². The average Bonchev–Trinajstić information content (AvgIpc) is 2.67. The highest BCUT2D eigenvalue weighted by atomic mass is 35.5. The minimum atomic E-state index is 0.375. The molecule has 0 saturated carbocycles. The SMILES string of the molecule is CCNc1ncn(-c2cc(Cl)ncn2)n1. The summed E-state index contributed by atoms with van der Waals surface area (Å²) in [4.78, 5) is 11.9. The van der Waals surface area contributed by atoms with Gasteiger partial charge >= 0.3 is 0 Å². The maximum absolute atomic E-state index is 5.73. The molecule has 0 bridgehead atoms. The van der Waals surface area contributed by atoms with Gasteiger partial charge in [-0.15, -0.1) is 5.10 Å². The molecular weight excluding hydrogens is 216 g/mol. The maximum atomic E-state index is 5.73. The largest absolute Gasteiger partial charge is 0.353 e. The molecule has 0 aliphatic heterocycles. The molecule has 78 valence electrons. The molecular formula is C8H9ClN6. The van der Waals surface area contributed by atoms with Crippen molar-refractivity contribution in [3.05, 3.63) is 23.9 Å². The highest BCUT2D eigenvalue weighted by molar-refractivity contribution is 6.29. The topological polar surface area (TPSA) is 68.5 Å². The van der Waals surface area contributed by atoms with Crippen LogP contribution < -0.4 is 5.32 Å². The second-order valence-electron chi connectivity index (χ2n) is 2.74. The number of aromatic nitrogens is 5. The van der Waals surface area contributed by atoms with Crippen molar-refractivity contribution >= 4 is 17.5 Å². The van der Waals surface area contributed by atoms with Crippen LogP contribution in [-0.4, -0.2) is 31.3 Å². The number of hydrogen-bond donors (Lipinski definition) is 1. The van der Waals surface area contributed by atoms with Gasteiger partial charge in [0.25, 0.3) is 0 Å². The minimum absolute atomic E-state index is 0.375. The molecule has 0 spiro atoms. The van der Waals surface area contributed by atoms with Crippen molar-refractivity contribution in [3.63, 3.8) is 0 Å². The van der Waals surface area contributed by atoms with Crippen molar-refractivity contribution in [2.24, 2.45) is 0 Å². The van der Waals surface area contributed by atoms with Gasteiger partial charge < -0.3 is 5.32 Å². The van der Waals surface area contributed by atoms with Crippen LogP contribution in [0.2, 0.25) is 5.15 Å². The third kappa shape index (κ3) is 2.21. The van der Waals surface area contributed by atoms with Gasteiger partial charge in [-0.25, -0.2) is 19.6 Å². The van der Waals surface area contributed by atoms with Gasteiger partial charge in [0.1, 0.15) is 17.8 Å². The molecule has 0 aromatic carbocycles. The number of anilines is 1. The summed E-state index contributed by atoms with van der Waals surface area (Å²) in [7, 11) is 0. The molecule has 2 aromatic rings. The standard InChI is InChI=1S/C8H9ClN6/c1-2-10-8-13-5-15(14-8)7-3-6(9)11-4-12-7/h3-5H,2H2,1H3,(H,10,14). The molecule has 7 heteroatoms. The van der Waals surface area contributed by atoms with Crippen LogP contribution >= 0.6 is 11.6 Å². The highest BCUT2D eigenvalue weighted by Crippen LogP contribution is 2.08. The van der Waals surface area contributed by atoms with Gasteiger partial charge in [0, 0.05) is 12.6 Å². The number of nitrogens with one attached hydrogen (secondary N) is 1. The van der Waals surface area contributed by atoms with Crippen LogP contribution in [0.5, 0.6) is 0 Å². The van der Waals surface area contributed by atoms with E-state index in [1.165, 1.54) is 11.0 Å². The van der Waals surface area contributed by atoms with Crippen LogP contribution in [0.15, 0.2) is 18.7 Å². The lowest BCUT2D eigenvalue weighted by Crippen LogP contribution is -2.02. The summed E-state index contributed by atoms with van der Waals surface area (Å²) in [5.74, 6) is 1.15. The maximum Gasteiger partial charge on any atom is 0.242 e. The van der Waals surface area contributed by atoms with Crippen LogP contribution in [0, 0.1) is 0 Å². The summed E-state index contributed by atoms with van der Waals surface area (Å²) in [5, 5.41) is 7.53. The first-order valence-electron chi connectivity index (χ1n) is 4.43. The van der Waals surface area contributed by atoms with Gasteiger partial charge in [-0.1, -0.05) is 11.6 Å². The molecule has 0 amide bonds. The summed E-state index contributed by atoms with van der Waals surface area (Å²) in [6, 6.07) is 1.62. The van der Waals surface area contributed by atoms with Gasteiger partial charge in [0.05, 0.1) is 0 Å². The van der Waals surface area contributed by atoms with Gasteiger partial charge in [-0.2, -0.15) is 0 Å². The third-order valence-corrected chi connectivity index (χ3v) is 1.89. The Kier molecular flexibility index (Phi) is 2.77. The molecule has 0 aliphatic carbocycles. The van der Waals surface area contributed by atoms with E-state index in [2.05, 4.69) is 25.4 Å². The fourth-order valence-corrected chi connectivity index (χ4v) is 1.20. The lowest BCUT2D eigenvalue weighted by atomic mass is 10.6. The van der Waals surface area contributed by atoms with Crippen molar-refractivity contribution < 1.29 is 0 Å². The van der Waals surface area contributed by atoms with E-state index in [9.17, 15) is 0 Å². The second kappa shape index (κ2) is 4.22. The first kappa shape index (κ1) is 9.85. The van der Waals surface area contributed by atoms with Crippen LogP contribution in [0.25, 0.3) is 5.82 Å². The molecule has 0 fully saturated rings. The van der Waals surface area contributed by atoms with Gasteiger partial charge in [-0.3, -0.25) is 0 Å². The molecule has 2 aromatic heterocycles. The zero-order chi connectivity index (χ0) is 10.7. The van der Waals surface area contributed by atoms with Crippen molar-refractivity contribution in [1.29, 1.82) is 0 Å². The Morgan fingerprint density at radius 2 is 2.27 bits per heavy atom. The number of halogens is 1. The van der Waals surface area contributed by atoms with Gasteiger partial charge in [0.15, 0.2) is 5.82 Å². The summed E-state index contributed by atoms with van der Waals surface area (Å²) >= 11 is 5.73. The van der Waals surface area contributed by atoms with E-state index in [4.69, 9.17) is 11.6 Å². The molecule has 1 N–H and O–H groups in total. The Hall–Kier alpha value is -1.69. The Morgan fingerprint density at radius 1 is 1.40 bits per heavy atom. The lowest BCUT2D eigenvalue weighted by molar-refractivity contribution is 0.838. The molecule has 2 rings (SSSR count). The van der Waals surface area contributed by atoms with E-state index in [1.54, 1.807) is 12.4 Å². The summed E-state index contributed by atoms with van der Waals surface area (Å²) in [6.45, 7) is 2.75. The summed E-state index contributed by atoms with van der Waals surface area (Å²) < 4.78 is 1.53. The smallest absolute Gasteiger partial charge is 0.242 e. The van der Waals surface area contributed by atoms with Crippen LogP contribution in [-0.2, 0) is 0 Å². The Balaban J connectivity index is 2.29. The van der Waals surface area contributed by atoms with E-state index in [0.29, 0.717) is 16.9 Å². The highest BCUT2D eigenvalue weighted by Gasteiger charge is 2.03. The minimum Gasteiger partial charge on any atom is -0.353 e. The molecule has 0 radical (unpaired) electrons. The van der Waals surface area contributed by atoms with Crippen molar-refractivity contribution in [2.75, 3.05) is 11.9 Å². The van der Waals surface area contributed by atoms with Crippen LogP contribution in [0.3, 0.4) is 0 Å². The lowest BCUT2D eigenvalue weighted by Gasteiger charge is -1.98. The molecule has 0 atom stereocenters. The molecule has 0 aliphatic rings. The normalized spacial score (nSPS) is 10.3. The Morgan fingerprint density at radius 3 is 3.00 bits per heavy atom. The zero-order valence-electron chi connectivity index (χ0n) is 8.05. The molecule has 2 heterocycles. The predicted octanol–water partition coefficient (Wildman–Crippen LogP) is 1.14. The molecule has 15 heavy (non-hydrogen) atoms. The summed E-state index contributed by atoms with van der Waals surface area (Å²) in [6.07, 6.45) is 2.95. The quantitative estimate of drug-likeness (QED) is 0.792. The Bertz CT molecular complexity index is 454. The summed E-state index contributed by atoms with van der Waals surface area (Å²) in [5.41, 5.74) is 0. The average molecular weight is 225 g/mol. The van der Waals surface area contributed by atoms with E-state index < -0.39 is 0 Å². The van der Waals surface area contributed by atoms with E-state index >= 15 is 0 Å². The van der Waals surface area contributed by atoms with Crippen molar-refractivity contribution in [3.8, 4) is 5.82 Å². The number of rotatable bonds is 3. The van der Waals surface area contributed by atoms with Crippen molar-refractivity contribution in [2.45, 2.75) is 6.92 Å². The van der Waals surface area contributed by atoms with Crippen LogP contribution in [0.4, 0.5) is 5.95 Å². The van der Waals surface area contributed by atoms with E-state index in [1.807, 2.05) is 6.92 Å².